The smallest absolute Gasteiger partial charge is 0.354 e. The van der Waals surface area contributed by atoms with Gasteiger partial charge in [0.25, 0.3) is 0 Å². The first-order valence-electron chi connectivity index (χ1n) is 2.45. The molecule has 10 heavy (non-hydrogen) atoms. The summed E-state index contributed by atoms with van der Waals surface area (Å²) in [5.74, 6) is -0.990. The van der Waals surface area contributed by atoms with Crippen LogP contribution in [-0.4, -0.2) is 16.1 Å². The van der Waals surface area contributed by atoms with Crippen molar-refractivity contribution in [2.24, 2.45) is 0 Å². The molecular formula is C6H5NNiO2. The molecule has 1 N–H and O–H groups in total. The molecule has 56 valence electrons. The summed E-state index contributed by atoms with van der Waals surface area (Å²) in [4.78, 5) is 13.7. The second-order valence-electron chi connectivity index (χ2n) is 1.52. The van der Waals surface area contributed by atoms with Gasteiger partial charge in [-0.1, -0.05) is 6.07 Å². The topological polar surface area (TPSA) is 50.2 Å². The second kappa shape index (κ2) is 4.01. The average Bonchev–Trinajstić information content (AvgIpc) is 1.90. The van der Waals surface area contributed by atoms with Crippen molar-refractivity contribution in [2.45, 2.75) is 0 Å². The van der Waals surface area contributed by atoms with E-state index in [0.717, 1.165) is 0 Å². The molecule has 0 amide bonds. The standard InChI is InChI=1S/C6H5NO2.Ni/c8-6(9)5-3-1-2-4-7-5;/h1-4H,(H,8,9);. The summed E-state index contributed by atoms with van der Waals surface area (Å²) in [6, 6.07) is 4.76. The molecule has 0 spiro atoms. The first-order chi connectivity index (χ1) is 4.30. The number of hydrogen-bond acceptors (Lipinski definition) is 2. The number of carboxylic acid groups (broad SMARTS) is 1. The van der Waals surface area contributed by atoms with Crippen LogP contribution in [0.5, 0.6) is 0 Å². The summed E-state index contributed by atoms with van der Waals surface area (Å²) in [5, 5.41) is 8.32. The molecule has 0 aliphatic carbocycles. The van der Waals surface area contributed by atoms with E-state index in [1.807, 2.05) is 0 Å². The minimum Gasteiger partial charge on any atom is -0.477 e. The quantitative estimate of drug-likeness (QED) is 0.652. The van der Waals surface area contributed by atoms with Crippen LogP contribution < -0.4 is 0 Å². The molecular weight excluding hydrogens is 177 g/mol. The fraction of sp³-hybridized carbons (Fsp3) is 0. The maximum Gasteiger partial charge on any atom is 0.354 e. The van der Waals surface area contributed by atoms with Crippen LogP contribution in [0.15, 0.2) is 24.4 Å². The van der Waals surface area contributed by atoms with Crippen LogP contribution in [0.4, 0.5) is 0 Å². The Morgan fingerprint density at radius 2 is 2.20 bits per heavy atom. The molecule has 0 aliphatic rings. The molecule has 3 nitrogen and oxygen atoms in total. The van der Waals surface area contributed by atoms with Crippen LogP contribution in [0.25, 0.3) is 0 Å². The summed E-state index contributed by atoms with van der Waals surface area (Å²) in [5.41, 5.74) is 0.0810. The summed E-state index contributed by atoms with van der Waals surface area (Å²) in [6.07, 6.45) is 1.45. The molecule has 0 saturated carbocycles. The first-order valence-corrected chi connectivity index (χ1v) is 2.45. The zero-order chi connectivity index (χ0) is 6.69. The Bertz CT molecular complexity index is 212. The van der Waals surface area contributed by atoms with E-state index in [0.29, 0.717) is 0 Å². The normalized spacial score (nSPS) is 8.00. The predicted molar refractivity (Wildman–Crippen MR) is 31.2 cm³/mol. The molecule has 0 atom stereocenters. The van der Waals surface area contributed by atoms with Crippen molar-refractivity contribution >= 4 is 5.97 Å². The van der Waals surface area contributed by atoms with Gasteiger partial charge in [0.2, 0.25) is 0 Å². The van der Waals surface area contributed by atoms with Crippen LogP contribution in [0.2, 0.25) is 0 Å². The third-order valence-electron chi connectivity index (χ3n) is 0.884. The number of hydrogen-bond donors (Lipinski definition) is 1. The molecule has 0 radical (unpaired) electrons. The minimum absolute atomic E-state index is 0. The molecule has 1 heterocycles. The molecule has 0 saturated heterocycles. The van der Waals surface area contributed by atoms with Crippen LogP contribution in [0, 0.1) is 0 Å². The SMILES string of the molecule is O=C(O)c1ccccn1.[Ni]. The maximum absolute atomic E-state index is 10.1. The van der Waals surface area contributed by atoms with Crippen molar-refractivity contribution < 1.29 is 26.4 Å². The van der Waals surface area contributed by atoms with Gasteiger partial charge in [-0.3, -0.25) is 0 Å². The second-order valence-corrected chi connectivity index (χ2v) is 1.52. The van der Waals surface area contributed by atoms with E-state index in [4.69, 9.17) is 5.11 Å². The molecule has 0 bridgehead atoms. The van der Waals surface area contributed by atoms with Gasteiger partial charge in [0, 0.05) is 22.7 Å². The van der Waals surface area contributed by atoms with Crippen molar-refractivity contribution in [3.05, 3.63) is 30.1 Å². The van der Waals surface area contributed by atoms with E-state index in [1.54, 1.807) is 12.1 Å². The van der Waals surface area contributed by atoms with Crippen LogP contribution in [-0.2, 0) is 16.5 Å². The van der Waals surface area contributed by atoms with Crippen LogP contribution in [0.3, 0.4) is 0 Å². The summed E-state index contributed by atoms with van der Waals surface area (Å²) in [6.45, 7) is 0. The number of rotatable bonds is 1. The molecule has 4 heteroatoms. The van der Waals surface area contributed by atoms with Crippen molar-refractivity contribution in [1.29, 1.82) is 0 Å². The zero-order valence-corrected chi connectivity index (χ0v) is 5.92. The van der Waals surface area contributed by atoms with Crippen molar-refractivity contribution in [1.82, 2.24) is 4.98 Å². The van der Waals surface area contributed by atoms with E-state index in [2.05, 4.69) is 4.98 Å². The van der Waals surface area contributed by atoms with Gasteiger partial charge in [0.1, 0.15) is 5.69 Å². The molecule has 0 aliphatic heterocycles. The summed E-state index contributed by atoms with van der Waals surface area (Å²) < 4.78 is 0. The molecule has 0 aromatic carbocycles. The Hall–Kier alpha value is -0.886. The molecule has 0 unspecified atom stereocenters. The number of aromatic nitrogens is 1. The van der Waals surface area contributed by atoms with E-state index in [-0.39, 0.29) is 22.2 Å². The largest absolute Gasteiger partial charge is 0.477 e. The van der Waals surface area contributed by atoms with Gasteiger partial charge in [0.05, 0.1) is 0 Å². The van der Waals surface area contributed by atoms with Gasteiger partial charge >= 0.3 is 5.97 Å². The Morgan fingerprint density at radius 3 is 2.50 bits per heavy atom. The first kappa shape index (κ1) is 9.11. The van der Waals surface area contributed by atoms with Gasteiger partial charge in [-0.15, -0.1) is 0 Å². The van der Waals surface area contributed by atoms with Gasteiger partial charge in [0.15, 0.2) is 0 Å². The number of carbonyl (C=O) groups is 1. The Kier molecular flexibility index (Phi) is 3.66. The third kappa shape index (κ3) is 2.15. The zero-order valence-electron chi connectivity index (χ0n) is 4.93. The maximum atomic E-state index is 10.1. The molecule has 1 rings (SSSR count). The van der Waals surface area contributed by atoms with Gasteiger partial charge in [-0.25, -0.2) is 9.78 Å². The fourth-order valence-corrected chi connectivity index (χ4v) is 0.489. The number of pyridine rings is 1. The van der Waals surface area contributed by atoms with E-state index in [1.165, 1.54) is 12.3 Å². The number of aromatic carboxylic acids is 1. The fourth-order valence-electron chi connectivity index (χ4n) is 0.489. The number of nitrogens with zero attached hydrogens (tertiary/aromatic N) is 1. The molecule has 0 fully saturated rings. The average molecular weight is 182 g/mol. The van der Waals surface area contributed by atoms with Crippen LogP contribution >= 0.6 is 0 Å². The van der Waals surface area contributed by atoms with E-state index < -0.39 is 5.97 Å². The van der Waals surface area contributed by atoms with Crippen LogP contribution in [0.1, 0.15) is 10.5 Å². The molecule has 1 aromatic rings. The van der Waals surface area contributed by atoms with Gasteiger partial charge < -0.3 is 5.11 Å². The van der Waals surface area contributed by atoms with Crippen molar-refractivity contribution in [2.75, 3.05) is 0 Å². The minimum atomic E-state index is -0.990. The molecule has 1 aromatic heterocycles. The monoisotopic (exact) mass is 181 g/mol. The predicted octanol–water partition coefficient (Wildman–Crippen LogP) is 0.777. The third-order valence-corrected chi connectivity index (χ3v) is 0.884. The van der Waals surface area contributed by atoms with Crippen molar-refractivity contribution in [3.8, 4) is 0 Å². The van der Waals surface area contributed by atoms with E-state index in [9.17, 15) is 4.79 Å². The Balaban J connectivity index is 0.000000810. The van der Waals surface area contributed by atoms with Gasteiger partial charge in [-0.05, 0) is 12.1 Å². The Morgan fingerprint density at radius 1 is 1.50 bits per heavy atom. The van der Waals surface area contributed by atoms with Gasteiger partial charge in [-0.2, -0.15) is 0 Å². The van der Waals surface area contributed by atoms with E-state index >= 15 is 0 Å². The summed E-state index contributed by atoms with van der Waals surface area (Å²) in [7, 11) is 0. The number of carboxylic acids is 1. The Labute approximate surface area is 68.0 Å². The van der Waals surface area contributed by atoms with Crippen molar-refractivity contribution in [3.63, 3.8) is 0 Å². The summed E-state index contributed by atoms with van der Waals surface area (Å²) >= 11 is 0.